The van der Waals surface area contributed by atoms with Gasteiger partial charge in [-0.25, -0.2) is 0 Å². The Balaban J connectivity index is 2.10. The molecule has 2 amide bonds. The molecule has 0 saturated heterocycles. The second-order valence-corrected chi connectivity index (χ2v) is 7.30. The summed E-state index contributed by atoms with van der Waals surface area (Å²) < 4.78 is 8.08. The number of amides is 2. The van der Waals surface area contributed by atoms with E-state index in [0.717, 1.165) is 10.2 Å². The van der Waals surface area contributed by atoms with Crippen LogP contribution in [-0.2, 0) is 16.1 Å². The normalized spacial score (nSPS) is 11.6. The van der Waals surface area contributed by atoms with Crippen LogP contribution in [0.4, 0.5) is 11.4 Å². The van der Waals surface area contributed by atoms with Gasteiger partial charge in [-0.15, -0.1) is 0 Å². The minimum atomic E-state index is -0.693. The summed E-state index contributed by atoms with van der Waals surface area (Å²) in [6, 6.07) is 11.1. The summed E-state index contributed by atoms with van der Waals surface area (Å²) >= 11 is 1.26. The van der Waals surface area contributed by atoms with Crippen LogP contribution in [0.2, 0.25) is 0 Å². The van der Waals surface area contributed by atoms with E-state index in [-0.39, 0.29) is 17.2 Å². The number of carbonyl (C=O) groups excluding carboxylic acids is 2. The molecule has 0 saturated carbocycles. The lowest BCUT2D eigenvalue weighted by atomic mass is 10.2. The molecule has 1 aromatic heterocycles. The van der Waals surface area contributed by atoms with Crippen LogP contribution in [0.1, 0.15) is 24.2 Å². The molecule has 0 aliphatic heterocycles. The van der Waals surface area contributed by atoms with Gasteiger partial charge in [0.2, 0.25) is 5.91 Å². The number of fused-ring (bicyclic) bond motifs is 1. The zero-order valence-electron chi connectivity index (χ0n) is 16.5. The van der Waals surface area contributed by atoms with E-state index in [1.807, 2.05) is 17.6 Å². The number of nitro benzene ring substituents is 1. The molecule has 0 fully saturated rings. The molecule has 2 aromatic carbocycles. The van der Waals surface area contributed by atoms with Crippen LogP contribution in [-0.4, -0.2) is 34.5 Å². The average Bonchev–Trinajstić information content (AvgIpc) is 3.04. The number of nitrogens with one attached hydrogen (secondary N) is 1. The van der Waals surface area contributed by atoms with Gasteiger partial charge in [-0.2, -0.15) is 4.99 Å². The maximum Gasteiger partial charge on any atom is 0.286 e. The molecule has 156 valence electrons. The van der Waals surface area contributed by atoms with E-state index in [1.165, 1.54) is 36.5 Å². The van der Waals surface area contributed by atoms with Gasteiger partial charge in [0, 0.05) is 31.8 Å². The number of ether oxygens (including phenoxy) is 1. The first kappa shape index (κ1) is 21.3. The summed E-state index contributed by atoms with van der Waals surface area (Å²) in [4.78, 5) is 39.3. The van der Waals surface area contributed by atoms with Crippen LogP contribution in [0.25, 0.3) is 10.2 Å². The van der Waals surface area contributed by atoms with Gasteiger partial charge in [-0.05, 0) is 31.2 Å². The van der Waals surface area contributed by atoms with E-state index in [4.69, 9.17) is 4.74 Å². The van der Waals surface area contributed by atoms with E-state index in [1.54, 1.807) is 18.2 Å². The fourth-order valence-corrected chi connectivity index (χ4v) is 4.01. The number of nitro groups is 1. The Morgan fingerprint density at radius 1 is 1.27 bits per heavy atom. The molecule has 3 rings (SSSR count). The van der Waals surface area contributed by atoms with E-state index >= 15 is 0 Å². The van der Waals surface area contributed by atoms with Crippen molar-refractivity contribution in [3.05, 3.63) is 62.9 Å². The number of hydrogen-bond donors (Lipinski definition) is 1. The Labute approximate surface area is 175 Å². The fourth-order valence-electron chi connectivity index (χ4n) is 2.92. The maximum absolute atomic E-state index is 12.7. The molecular formula is C20H20N4O5S. The number of nitrogens with zero attached hydrogens (tertiary/aromatic N) is 3. The highest BCUT2D eigenvalue weighted by molar-refractivity contribution is 7.16. The standard InChI is InChI=1S/C20H20N4O5S/c1-3-29-11-10-23-17-9-8-14(21-13(2)25)12-18(17)30-20(23)22-19(26)15-6-4-5-7-16(15)24(27)28/h4-9,12H,3,10-11H2,1-2H3,(H,21,25). The molecule has 10 heteroatoms. The minimum absolute atomic E-state index is 0.0738. The fraction of sp³-hybridized carbons (Fsp3) is 0.250. The van der Waals surface area contributed by atoms with Gasteiger partial charge >= 0.3 is 0 Å². The van der Waals surface area contributed by atoms with E-state index < -0.39 is 10.8 Å². The molecule has 0 bridgehead atoms. The van der Waals surface area contributed by atoms with E-state index in [9.17, 15) is 19.7 Å². The highest BCUT2D eigenvalue weighted by Gasteiger charge is 2.19. The summed E-state index contributed by atoms with van der Waals surface area (Å²) in [5, 5.41) is 14.0. The minimum Gasteiger partial charge on any atom is -0.380 e. The molecule has 30 heavy (non-hydrogen) atoms. The largest absolute Gasteiger partial charge is 0.380 e. The molecule has 0 unspecified atom stereocenters. The number of benzene rings is 2. The van der Waals surface area contributed by atoms with Crippen LogP contribution >= 0.6 is 11.3 Å². The Hall–Kier alpha value is -3.37. The SMILES string of the molecule is CCOCCn1c(=NC(=O)c2ccccc2[N+](=O)[O-])sc2cc(NC(C)=O)ccc21. The van der Waals surface area contributed by atoms with Gasteiger partial charge < -0.3 is 14.6 Å². The summed E-state index contributed by atoms with van der Waals surface area (Å²) in [7, 11) is 0. The van der Waals surface area contributed by atoms with Crippen molar-refractivity contribution in [2.75, 3.05) is 18.5 Å². The van der Waals surface area contributed by atoms with Crippen LogP contribution in [0.15, 0.2) is 47.5 Å². The van der Waals surface area contributed by atoms with Crippen molar-refractivity contribution in [1.29, 1.82) is 0 Å². The van der Waals surface area contributed by atoms with Crippen molar-refractivity contribution in [2.24, 2.45) is 4.99 Å². The molecule has 1 heterocycles. The molecule has 0 aliphatic carbocycles. The van der Waals surface area contributed by atoms with Crippen LogP contribution < -0.4 is 10.1 Å². The van der Waals surface area contributed by atoms with Gasteiger partial charge in [0.25, 0.3) is 11.6 Å². The lowest BCUT2D eigenvalue weighted by Crippen LogP contribution is -2.20. The third-order valence-corrected chi connectivity index (χ3v) is 5.24. The zero-order chi connectivity index (χ0) is 21.7. The lowest BCUT2D eigenvalue weighted by Gasteiger charge is -2.06. The second kappa shape index (κ2) is 9.42. The van der Waals surface area contributed by atoms with E-state index in [0.29, 0.717) is 30.2 Å². The third-order valence-electron chi connectivity index (χ3n) is 4.19. The summed E-state index contributed by atoms with van der Waals surface area (Å²) in [5.41, 5.74) is 1.09. The first-order valence-electron chi connectivity index (χ1n) is 9.22. The first-order chi connectivity index (χ1) is 14.4. The van der Waals surface area contributed by atoms with Crippen molar-refractivity contribution in [3.63, 3.8) is 0 Å². The quantitative estimate of drug-likeness (QED) is 0.352. The average molecular weight is 428 g/mol. The number of anilines is 1. The van der Waals surface area contributed by atoms with Gasteiger partial charge in [0.1, 0.15) is 5.56 Å². The molecule has 0 radical (unpaired) electrons. The Morgan fingerprint density at radius 3 is 2.73 bits per heavy atom. The number of hydrogen-bond acceptors (Lipinski definition) is 6. The van der Waals surface area contributed by atoms with Crippen LogP contribution in [0.5, 0.6) is 0 Å². The lowest BCUT2D eigenvalue weighted by molar-refractivity contribution is -0.385. The number of rotatable bonds is 7. The topological polar surface area (TPSA) is 116 Å². The number of para-hydroxylation sites is 1. The second-order valence-electron chi connectivity index (χ2n) is 6.29. The van der Waals surface area contributed by atoms with Gasteiger partial charge in [-0.3, -0.25) is 19.7 Å². The Kier molecular flexibility index (Phi) is 6.70. The Morgan fingerprint density at radius 2 is 2.03 bits per heavy atom. The molecule has 0 spiro atoms. The van der Waals surface area contributed by atoms with Crippen molar-refractivity contribution in [2.45, 2.75) is 20.4 Å². The smallest absolute Gasteiger partial charge is 0.286 e. The van der Waals surface area contributed by atoms with Gasteiger partial charge in [0.15, 0.2) is 4.80 Å². The van der Waals surface area contributed by atoms with Crippen molar-refractivity contribution in [1.82, 2.24) is 4.57 Å². The molecule has 0 aliphatic rings. The van der Waals surface area contributed by atoms with Crippen LogP contribution in [0.3, 0.4) is 0 Å². The van der Waals surface area contributed by atoms with E-state index in [2.05, 4.69) is 10.3 Å². The summed E-state index contributed by atoms with van der Waals surface area (Å²) in [5.74, 6) is -0.882. The zero-order valence-corrected chi connectivity index (χ0v) is 17.3. The van der Waals surface area contributed by atoms with Gasteiger partial charge in [0.05, 0.1) is 21.7 Å². The summed E-state index contributed by atoms with van der Waals surface area (Å²) in [6.45, 7) is 4.74. The Bertz CT molecular complexity index is 1180. The highest BCUT2D eigenvalue weighted by atomic mass is 32.1. The molecule has 3 aromatic rings. The molecule has 0 atom stereocenters. The molecule has 1 N–H and O–H groups in total. The predicted molar refractivity (Wildman–Crippen MR) is 114 cm³/mol. The number of carbonyl (C=O) groups is 2. The molecular weight excluding hydrogens is 408 g/mol. The van der Waals surface area contributed by atoms with Crippen molar-refractivity contribution >= 4 is 44.7 Å². The van der Waals surface area contributed by atoms with Crippen molar-refractivity contribution < 1.29 is 19.2 Å². The highest BCUT2D eigenvalue weighted by Crippen LogP contribution is 2.23. The number of aromatic nitrogens is 1. The monoisotopic (exact) mass is 428 g/mol. The van der Waals surface area contributed by atoms with Gasteiger partial charge in [-0.1, -0.05) is 23.5 Å². The first-order valence-corrected chi connectivity index (χ1v) is 10.0. The van der Waals surface area contributed by atoms with Crippen molar-refractivity contribution in [3.8, 4) is 0 Å². The summed E-state index contributed by atoms with van der Waals surface area (Å²) in [6.07, 6.45) is 0. The maximum atomic E-state index is 12.7. The number of thiazole rings is 1. The third kappa shape index (κ3) is 4.78. The van der Waals surface area contributed by atoms with Crippen LogP contribution in [0, 0.1) is 10.1 Å². The molecule has 9 nitrogen and oxygen atoms in total. The predicted octanol–water partition coefficient (Wildman–Crippen LogP) is 3.35.